The maximum atomic E-state index is 13.5. The minimum absolute atomic E-state index is 0.0237. The summed E-state index contributed by atoms with van der Waals surface area (Å²) in [6.07, 6.45) is 7.85. The van der Waals surface area contributed by atoms with Gasteiger partial charge < -0.3 is 9.84 Å². The summed E-state index contributed by atoms with van der Waals surface area (Å²) in [7, 11) is 0. The molecule has 202 valence electrons. The Morgan fingerprint density at radius 3 is 2.66 bits per heavy atom. The standard InChI is InChI=1S/C30H35FN2O4S/c1-4-25(35)37-30(27(36)38)12-11-22-21-10-5-18-13-23-17(16-32-33(23)20-8-6-19(31)7-9-20)14-28(18,2)26(21)24(34)15-29(22,30)3/h6-9,13,16,21-22,24,26,34H,4-5,10-12,14-15H2,1-3H3,(H,36,38)/t21-,22-,24-,26+,28-,29-,30-/m0/s1. The Labute approximate surface area is 228 Å². The molecule has 2 aromatic rings. The lowest BCUT2D eigenvalue weighted by atomic mass is 9.45. The zero-order chi connectivity index (χ0) is 27.0. The van der Waals surface area contributed by atoms with E-state index in [-0.39, 0.29) is 35.4 Å². The fourth-order valence-corrected chi connectivity index (χ4v) is 9.20. The van der Waals surface area contributed by atoms with Crippen LogP contribution in [0.2, 0.25) is 0 Å². The minimum atomic E-state index is -1.30. The summed E-state index contributed by atoms with van der Waals surface area (Å²) < 4.78 is 21.3. The lowest BCUT2D eigenvalue weighted by molar-refractivity contribution is -0.196. The van der Waals surface area contributed by atoms with Crippen molar-refractivity contribution in [3.05, 3.63) is 53.1 Å². The van der Waals surface area contributed by atoms with Gasteiger partial charge in [0.05, 0.1) is 23.7 Å². The monoisotopic (exact) mass is 538 g/mol. The molecule has 0 amide bonds. The number of carbonyl (C=O) groups excluding carboxylic acids is 2. The number of esters is 1. The number of hydrogen-bond donors (Lipinski definition) is 2. The topological polar surface area (TPSA) is 81.4 Å². The van der Waals surface area contributed by atoms with Crippen molar-refractivity contribution in [1.82, 2.24) is 9.78 Å². The van der Waals surface area contributed by atoms with Crippen LogP contribution in [0.5, 0.6) is 0 Å². The maximum Gasteiger partial charge on any atom is 0.306 e. The van der Waals surface area contributed by atoms with Gasteiger partial charge in [0.1, 0.15) is 5.82 Å². The van der Waals surface area contributed by atoms with Crippen LogP contribution in [0, 0.1) is 34.4 Å². The van der Waals surface area contributed by atoms with Crippen molar-refractivity contribution in [2.75, 3.05) is 0 Å². The molecule has 38 heavy (non-hydrogen) atoms. The van der Waals surface area contributed by atoms with E-state index < -0.39 is 28.2 Å². The van der Waals surface area contributed by atoms with Crippen LogP contribution >= 0.6 is 12.6 Å². The first-order valence-electron chi connectivity index (χ1n) is 13.7. The van der Waals surface area contributed by atoms with Crippen LogP contribution in [-0.2, 0) is 20.7 Å². The molecule has 0 spiro atoms. The number of aliphatic hydroxyl groups excluding tert-OH is 1. The highest BCUT2D eigenvalue weighted by molar-refractivity contribution is 7.96. The maximum absolute atomic E-state index is 13.5. The molecule has 1 aromatic heterocycles. The van der Waals surface area contributed by atoms with E-state index in [4.69, 9.17) is 4.74 Å². The molecule has 7 atom stereocenters. The fourth-order valence-electron chi connectivity index (χ4n) is 8.79. The van der Waals surface area contributed by atoms with Crippen LogP contribution in [0.15, 0.2) is 36.0 Å². The zero-order valence-electron chi connectivity index (χ0n) is 22.1. The number of fused-ring (bicyclic) bond motifs is 6. The van der Waals surface area contributed by atoms with Gasteiger partial charge in [0.2, 0.25) is 5.12 Å². The van der Waals surface area contributed by atoms with E-state index in [1.54, 1.807) is 19.1 Å². The Morgan fingerprint density at radius 2 is 1.97 bits per heavy atom. The molecular formula is C30H35FN2O4S. The number of halogens is 1. The minimum Gasteiger partial charge on any atom is -0.449 e. The van der Waals surface area contributed by atoms with Crippen molar-refractivity contribution in [2.24, 2.45) is 28.6 Å². The van der Waals surface area contributed by atoms with Crippen molar-refractivity contribution in [2.45, 2.75) is 77.4 Å². The van der Waals surface area contributed by atoms with Crippen molar-refractivity contribution in [3.8, 4) is 5.69 Å². The van der Waals surface area contributed by atoms with Gasteiger partial charge in [-0.05, 0) is 97.6 Å². The van der Waals surface area contributed by atoms with Gasteiger partial charge >= 0.3 is 5.97 Å². The van der Waals surface area contributed by atoms with Crippen molar-refractivity contribution in [3.63, 3.8) is 0 Å². The molecule has 1 heterocycles. The third kappa shape index (κ3) is 3.45. The largest absolute Gasteiger partial charge is 0.449 e. The van der Waals surface area contributed by atoms with Crippen LogP contribution < -0.4 is 0 Å². The third-order valence-electron chi connectivity index (χ3n) is 10.5. The second-order valence-corrected chi connectivity index (χ2v) is 12.6. The molecule has 1 N–H and O–H groups in total. The van der Waals surface area contributed by atoms with Gasteiger partial charge in [0.15, 0.2) is 5.60 Å². The number of allylic oxidation sites excluding steroid dienone is 1. The highest BCUT2D eigenvalue weighted by Gasteiger charge is 2.70. The first kappa shape index (κ1) is 25.8. The number of aromatic nitrogens is 2. The quantitative estimate of drug-likeness (QED) is 0.407. The van der Waals surface area contributed by atoms with Crippen LogP contribution in [0.4, 0.5) is 4.39 Å². The predicted octanol–water partition coefficient (Wildman–Crippen LogP) is 5.31. The molecule has 0 radical (unpaired) electrons. The number of hydrogen-bond acceptors (Lipinski definition) is 5. The smallest absolute Gasteiger partial charge is 0.306 e. The number of nitrogens with zero attached hydrogens (tertiary/aromatic N) is 2. The second kappa shape index (κ2) is 8.78. The Balaban J connectivity index is 1.36. The van der Waals surface area contributed by atoms with Crippen molar-refractivity contribution < 1.29 is 23.8 Å². The number of rotatable bonds is 4. The lowest BCUT2D eigenvalue weighted by Gasteiger charge is -2.60. The third-order valence-corrected chi connectivity index (χ3v) is 10.9. The molecule has 0 aliphatic heterocycles. The Hall–Kier alpha value is -2.45. The molecule has 6 rings (SSSR count). The number of carbonyl (C=O) groups is 2. The molecule has 1 aromatic carbocycles. The molecule has 0 bridgehead atoms. The Kier molecular flexibility index (Phi) is 5.96. The van der Waals surface area contributed by atoms with E-state index in [0.717, 1.165) is 42.6 Å². The van der Waals surface area contributed by atoms with Gasteiger partial charge in [-0.25, -0.2) is 9.07 Å². The van der Waals surface area contributed by atoms with E-state index in [0.29, 0.717) is 12.8 Å². The molecular weight excluding hydrogens is 503 g/mol. The van der Waals surface area contributed by atoms with Crippen LogP contribution in [-0.4, -0.2) is 37.7 Å². The first-order valence-corrected chi connectivity index (χ1v) is 14.2. The van der Waals surface area contributed by atoms with E-state index in [9.17, 15) is 19.1 Å². The molecule has 4 aliphatic carbocycles. The van der Waals surface area contributed by atoms with Gasteiger partial charge in [0, 0.05) is 11.8 Å². The molecule has 3 saturated carbocycles. The van der Waals surface area contributed by atoms with Gasteiger partial charge in [-0.1, -0.05) is 26.3 Å². The first-order chi connectivity index (χ1) is 18.0. The molecule has 0 unspecified atom stereocenters. The summed E-state index contributed by atoms with van der Waals surface area (Å²) in [5, 5.41) is 16.1. The second-order valence-electron chi connectivity index (χ2n) is 12.2. The highest BCUT2D eigenvalue weighted by atomic mass is 32.1. The van der Waals surface area contributed by atoms with E-state index in [1.165, 1.54) is 17.7 Å². The fraction of sp³-hybridized carbons (Fsp3) is 0.567. The normalized spacial score (nSPS) is 37.4. The van der Waals surface area contributed by atoms with Gasteiger partial charge in [-0.2, -0.15) is 5.10 Å². The van der Waals surface area contributed by atoms with Gasteiger partial charge in [-0.3, -0.25) is 9.59 Å². The molecule has 8 heteroatoms. The SMILES string of the molecule is CCC(=O)O[C@]1(C(=O)S)CC[C@H]2[C@@H]3CCC4=Cc5c(cnn5-c5ccc(F)cc5)C[C@]4(C)[C@H]3[C@@H](O)C[C@@]21C. The summed E-state index contributed by atoms with van der Waals surface area (Å²) in [5.41, 5.74) is 2.05. The van der Waals surface area contributed by atoms with Gasteiger partial charge in [-0.15, -0.1) is 12.6 Å². The number of thiol groups is 1. The van der Waals surface area contributed by atoms with Gasteiger partial charge in [0.25, 0.3) is 0 Å². The Morgan fingerprint density at radius 1 is 1.24 bits per heavy atom. The Bertz CT molecular complexity index is 1340. The summed E-state index contributed by atoms with van der Waals surface area (Å²) in [5.74, 6) is -0.301. The van der Waals surface area contributed by atoms with Crippen molar-refractivity contribution in [1.29, 1.82) is 0 Å². The average Bonchev–Trinajstić information content (AvgIpc) is 3.40. The van der Waals surface area contributed by atoms with E-state index in [2.05, 4.69) is 30.7 Å². The summed E-state index contributed by atoms with van der Waals surface area (Å²) in [6.45, 7) is 6.02. The van der Waals surface area contributed by atoms with Crippen LogP contribution in [0.3, 0.4) is 0 Å². The summed E-state index contributed by atoms with van der Waals surface area (Å²) >= 11 is 4.23. The lowest BCUT2D eigenvalue weighted by Crippen LogP contribution is -2.62. The molecule has 4 aliphatic rings. The summed E-state index contributed by atoms with van der Waals surface area (Å²) in [6, 6.07) is 6.36. The highest BCUT2D eigenvalue weighted by Crippen LogP contribution is 2.68. The molecule has 3 fully saturated rings. The van der Waals surface area contributed by atoms with E-state index >= 15 is 0 Å². The zero-order valence-corrected chi connectivity index (χ0v) is 23.0. The van der Waals surface area contributed by atoms with Crippen LogP contribution in [0.1, 0.15) is 70.6 Å². The number of aliphatic hydroxyl groups is 1. The van der Waals surface area contributed by atoms with E-state index in [1.807, 2.05) is 17.8 Å². The summed E-state index contributed by atoms with van der Waals surface area (Å²) in [4.78, 5) is 25.4. The molecule has 6 nitrogen and oxygen atoms in total. The van der Waals surface area contributed by atoms with Crippen molar-refractivity contribution >= 4 is 29.8 Å². The average molecular weight is 539 g/mol. The molecule has 0 saturated heterocycles. The number of ether oxygens (including phenoxy) is 1. The van der Waals surface area contributed by atoms with Crippen LogP contribution in [0.25, 0.3) is 11.8 Å². The number of benzene rings is 1. The predicted molar refractivity (Wildman–Crippen MR) is 144 cm³/mol.